The highest BCUT2D eigenvalue weighted by Crippen LogP contribution is 2.34. The van der Waals surface area contributed by atoms with Crippen LogP contribution in [0.4, 0.5) is 0 Å². The van der Waals surface area contributed by atoms with Crippen LogP contribution in [0.5, 0.6) is 11.5 Å². The first-order valence-electron chi connectivity index (χ1n) is 5.27. The monoisotopic (exact) mass is 242 g/mol. The molecule has 16 heavy (non-hydrogen) atoms. The molecular weight excluding hydrogens is 228 g/mol. The molecule has 88 valence electrons. The van der Waals surface area contributed by atoms with E-state index in [4.69, 9.17) is 21.1 Å². The molecule has 0 radical (unpaired) electrons. The Labute approximate surface area is 100 Å². The van der Waals surface area contributed by atoms with Crippen LogP contribution in [0, 0.1) is 0 Å². The maximum atomic E-state index is 10.9. The number of hydrogen-bond acceptors (Lipinski definition) is 3. The molecule has 0 saturated heterocycles. The summed E-state index contributed by atoms with van der Waals surface area (Å²) in [5, 5.41) is 0.467. The number of halogens is 1. The predicted molar refractivity (Wildman–Crippen MR) is 63.8 cm³/mol. The number of benzene rings is 1. The van der Waals surface area contributed by atoms with E-state index in [9.17, 15) is 4.79 Å². The topological polar surface area (TPSA) is 35.5 Å². The number of carbonyl (C=O) groups excluding carboxylic acids is 1. The number of hydrogen-bond donors (Lipinski definition) is 0. The van der Waals surface area contributed by atoms with E-state index in [1.807, 2.05) is 13.8 Å². The van der Waals surface area contributed by atoms with E-state index in [1.54, 1.807) is 12.1 Å². The van der Waals surface area contributed by atoms with Gasteiger partial charge in [0.15, 0.2) is 17.8 Å². The van der Waals surface area contributed by atoms with Crippen LogP contribution in [0.25, 0.3) is 0 Å². The number of aldehydes is 1. The third kappa shape index (κ3) is 3.14. The molecule has 0 aliphatic rings. The van der Waals surface area contributed by atoms with Crippen LogP contribution in [-0.4, -0.2) is 19.5 Å². The molecule has 0 aliphatic heterocycles. The SMILES string of the molecule is CCCOc1c(C=O)cc(Cl)cc1OCC. The average molecular weight is 243 g/mol. The minimum atomic E-state index is 0.421. The molecule has 4 heteroatoms. The molecule has 0 N–H and O–H groups in total. The highest BCUT2D eigenvalue weighted by Gasteiger charge is 2.12. The molecule has 1 rings (SSSR count). The van der Waals surface area contributed by atoms with Crippen LogP contribution >= 0.6 is 11.6 Å². The second-order valence-electron chi connectivity index (χ2n) is 3.22. The summed E-state index contributed by atoms with van der Waals surface area (Å²) in [6.45, 7) is 4.91. The van der Waals surface area contributed by atoms with E-state index in [-0.39, 0.29) is 0 Å². The van der Waals surface area contributed by atoms with Crippen LogP contribution in [-0.2, 0) is 0 Å². The molecule has 0 amide bonds. The second-order valence-corrected chi connectivity index (χ2v) is 3.66. The van der Waals surface area contributed by atoms with Crippen LogP contribution in [0.15, 0.2) is 12.1 Å². The molecular formula is C12H15ClO3. The lowest BCUT2D eigenvalue weighted by Gasteiger charge is -2.13. The van der Waals surface area contributed by atoms with Gasteiger partial charge in [0.2, 0.25) is 0 Å². The Balaban J connectivity index is 3.10. The zero-order chi connectivity index (χ0) is 12.0. The molecule has 0 fully saturated rings. The summed E-state index contributed by atoms with van der Waals surface area (Å²) in [4.78, 5) is 10.9. The third-order valence-corrected chi connectivity index (χ3v) is 2.14. The smallest absolute Gasteiger partial charge is 0.171 e. The van der Waals surface area contributed by atoms with Crippen molar-refractivity contribution in [3.05, 3.63) is 22.7 Å². The summed E-state index contributed by atoms with van der Waals surface area (Å²) < 4.78 is 10.9. The van der Waals surface area contributed by atoms with E-state index >= 15 is 0 Å². The first kappa shape index (κ1) is 12.8. The van der Waals surface area contributed by atoms with Crippen molar-refractivity contribution in [2.75, 3.05) is 13.2 Å². The van der Waals surface area contributed by atoms with Crippen molar-refractivity contribution in [1.29, 1.82) is 0 Å². The van der Waals surface area contributed by atoms with Crippen molar-refractivity contribution in [3.8, 4) is 11.5 Å². The van der Waals surface area contributed by atoms with Gasteiger partial charge in [-0.1, -0.05) is 18.5 Å². The molecule has 0 saturated carbocycles. The lowest BCUT2D eigenvalue weighted by atomic mass is 10.2. The maximum absolute atomic E-state index is 10.9. The fourth-order valence-electron chi connectivity index (χ4n) is 1.30. The van der Waals surface area contributed by atoms with Crippen LogP contribution in [0.3, 0.4) is 0 Å². The minimum absolute atomic E-state index is 0.421. The number of ether oxygens (including phenoxy) is 2. The molecule has 1 aromatic rings. The van der Waals surface area contributed by atoms with Gasteiger partial charge >= 0.3 is 0 Å². The zero-order valence-corrected chi connectivity index (χ0v) is 10.2. The van der Waals surface area contributed by atoms with Crippen LogP contribution in [0.1, 0.15) is 30.6 Å². The molecule has 0 atom stereocenters. The Morgan fingerprint density at radius 1 is 1.31 bits per heavy atom. The van der Waals surface area contributed by atoms with Crippen molar-refractivity contribution in [1.82, 2.24) is 0 Å². The van der Waals surface area contributed by atoms with Gasteiger partial charge in [-0.15, -0.1) is 0 Å². The standard InChI is InChI=1S/C12H15ClO3/c1-3-5-16-12-9(8-14)6-10(13)7-11(12)15-4-2/h6-8H,3-5H2,1-2H3. The van der Waals surface area contributed by atoms with Gasteiger partial charge in [-0.3, -0.25) is 4.79 Å². The largest absolute Gasteiger partial charge is 0.490 e. The Morgan fingerprint density at radius 3 is 2.62 bits per heavy atom. The summed E-state index contributed by atoms with van der Waals surface area (Å²) in [5.74, 6) is 0.994. The van der Waals surface area contributed by atoms with E-state index in [2.05, 4.69) is 0 Å². The molecule has 0 aliphatic carbocycles. The van der Waals surface area contributed by atoms with Gasteiger partial charge in [-0.05, 0) is 19.4 Å². The van der Waals surface area contributed by atoms with E-state index in [1.165, 1.54) is 0 Å². The molecule has 0 bridgehead atoms. The Morgan fingerprint density at radius 2 is 2.06 bits per heavy atom. The summed E-state index contributed by atoms with van der Waals surface area (Å²) in [6.07, 6.45) is 1.59. The third-order valence-electron chi connectivity index (χ3n) is 1.93. The van der Waals surface area contributed by atoms with Crippen LogP contribution < -0.4 is 9.47 Å². The lowest BCUT2D eigenvalue weighted by Crippen LogP contribution is -2.02. The van der Waals surface area contributed by atoms with Crippen LogP contribution in [0.2, 0.25) is 5.02 Å². The first-order chi connectivity index (χ1) is 7.72. The zero-order valence-electron chi connectivity index (χ0n) is 9.46. The molecule has 1 aromatic carbocycles. The van der Waals surface area contributed by atoms with Gasteiger partial charge in [0.05, 0.1) is 18.8 Å². The summed E-state index contributed by atoms with van der Waals surface area (Å²) in [6, 6.07) is 3.23. The van der Waals surface area contributed by atoms with Gasteiger partial charge in [0.1, 0.15) is 0 Å². The van der Waals surface area contributed by atoms with Crippen molar-refractivity contribution in [3.63, 3.8) is 0 Å². The van der Waals surface area contributed by atoms with Crippen molar-refractivity contribution < 1.29 is 14.3 Å². The Hall–Kier alpha value is -1.22. The molecule has 0 spiro atoms. The van der Waals surface area contributed by atoms with E-state index in [0.717, 1.165) is 12.7 Å². The van der Waals surface area contributed by atoms with Crippen molar-refractivity contribution in [2.45, 2.75) is 20.3 Å². The summed E-state index contributed by atoms with van der Waals surface area (Å²) in [7, 11) is 0. The molecule has 0 unspecified atom stereocenters. The Bertz CT molecular complexity index is 364. The fraction of sp³-hybridized carbons (Fsp3) is 0.417. The maximum Gasteiger partial charge on any atom is 0.171 e. The first-order valence-corrected chi connectivity index (χ1v) is 5.65. The van der Waals surface area contributed by atoms with Gasteiger partial charge in [0.25, 0.3) is 0 Å². The normalized spacial score (nSPS) is 9.94. The molecule has 0 heterocycles. The van der Waals surface area contributed by atoms with Crippen molar-refractivity contribution >= 4 is 17.9 Å². The van der Waals surface area contributed by atoms with Gasteiger partial charge in [-0.25, -0.2) is 0 Å². The second kappa shape index (κ2) is 6.38. The average Bonchev–Trinajstić information content (AvgIpc) is 2.27. The quantitative estimate of drug-likeness (QED) is 0.718. The number of rotatable bonds is 6. The number of carbonyl (C=O) groups is 1. The highest BCUT2D eigenvalue weighted by molar-refractivity contribution is 6.31. The lowest BCUT2D eigenvalue weighted by molar-refractivity contribution is 0.111. The van der Waals surface area contributed by atoms with Crippen molar-refractivity contribution in [2.24, 2.45) is 0 Å². The minimum Gasteiger partial charge on any atom is -0.490 e. The molecule has 3 nitrogen and oxygen atoms in total. The van der Waals surface area contributed by atoms with Gasteiger partial charge in [-0.2, -0.15) is 0 Å². The van der Waals surface area contributed by atoms with E-state index in [0.29, 0.717) is 35.3 Å². The highest BCUT2D eigenvalue weighted by atomic mass is 35.5. The predicted octanol–water partition coefficient (Wildman–Crippen LogP) is 3.34. The fourth-order valence-corrected chi connectivity index (χ4v) is 1.51. The molecule has 0 aromatic heterocycles. The van der Waals surface area contributed by atoms with Gasteiger partial charge < -0.3 is 9.47 Å². The van der Waals surface area contributed by atoms with E-state index < -0.39 is 0 Å². The Kier molecular flexibility index (Phi) is 5.12. The summed E-state index contributed by atoms with van der Waals surface area (Å²) in [5.41, 5.74) is 0.421. The summed E-state index contributed by atoms with van der Waals surface area (Å²) >= 11 is 5.88. The van der Waals surface area contributed by atoms with Gasteiger partial charge in [0, 0.05) is 11.1 Å².